The first-order valence-corrected chi connectivity index (χ1v) is 6.98. The fourth-order valence-corrected chi connectivity index (χ4v) is 2.94. The minimum atomic E-state index is 0. The molecule has 17 heavy (non-hydrogen) atoms. The van der Waals surface area contributed by atoms with Crippen molar-refractivity contribution in [3.05, 3.63) is 16.1 Å². The van der Waals surface area contributed by atoms with E-state index in [0.29, 0.717) is 12.0 Å². The normalized spacial score (nSPS) is 25.6. The lowest BCUT2D eigenvalue weighted by Crippen LogP contribution is -2.45. The van der Waals surface area contributed by atoms with Crippen molar-refractivity contribution < 1.29 is 0 Å². The number of likely N-dealkylation sites (tertiary alicyclic amines) is 1. The van der Waals surface area contributed by atoms with Crippen molar-refractivity contribution in [1.29, 1.82) is 0 Å². The average molecular weight is 276 g/mol. The van der Waals surface area contributed by atoms with Gasteiger partial charge in [-0.05, 0) is 18.8 Å². The molecule has 5 heteroatoms. The summed E-state index contributed by atoms with van der Waals surface area (Å²) in [5.74, 6) is 0.609. The first-order valence-electron chi connectivity index (χ1n) is 6.10. The van der Waals surface area contributed by atoms with Gasteiger partial charge in [0, 0.05) is 31.1 Å². The van der Waals surface area contributed by atoms with Gasteiger partial charge in [0.05, 0.1) is 10.7 Å². The number of hydrogen-bond acceptors (Lipinski definition) is 4. The van der Waals surface area contributed by atoms with Crippen LogP contribution in [0.3, 0.4) is 0 Å². The fraction of sp³-hybridized carbons (Fsp3) is 0.750. The van der Waals surface area contributed by atoms with Gasteiger partial charge in [-0.15, -0.1) is 23.7 Å². The molecule has 1 fully saturated rings. The lowest BCUT2D eigenvalue weighted by atomic mass is 9.95. The average Bonchev–Trinajstić information content (AvgIpc) is 2.71. The molecule has 2 atom stereocenters. The van der Waals surface area contributed by atoms with Crippen LogP contribution in [-0.2, 0) is 13.0 Å². The Labute approximate surface area is 114 Å². The molecule has 2 rings (SSSR count). The summed E-state index contributed by atoms with van der Waals surface area (Å²) in [4.78, 5) is 7.09. The van der Waals surface area contributed by atoms with E-state index in [-0.39, 0.29) is 12.4 Å². The van der Waals surface area contributed by atoms with Crippen molar-refractivity contribution in [1.82, 2.24) is 9.88 Å². The molecule has 2 N–H and O–H groups in total. The molecule has 1 saturated heterocycles. The summed E-state index contributed by atoms with van der Waals surface area (Å²) >= 11 is 1.78. The molecule has 0 amide bonds. The van der Waals surface area contributed by atoms with Crippen molar-refractivity contribution in [2.75, 3.05) is 13.1 Å². The molecule has 0 radical (unpaired) electrons. The molecule has 2 unspecified atom stereocenters. The zero-order valence-electron chi connectivity index (χ0n) is 10.6. The van der Waals surface area contributed by atoms with Crippen LogP contribution >= 0.6 is 23.7 Å². The monoisotopic (exact) mass is 275 g/mol. The van der Waals surface area contributed by atoms with E-state index >= 15 is 0 Å². The van der Waals surface area contributed by atoms with Crippen molar-refractivity contribution in [2.24, 2.45) is 11.7 Å². The quantitative estimate of drug-likeness (QED) is 0.920. The summed E-state index contributed by atoms with van der Waals surface area (Å²) in [6.07, 6.45) is 2.16. The van der Waals surface area contributed by atoms with E-state index in [1.807, 2.05) is 0 Å². The lowest BCUT2D eigenvalue weighted by Gasteiger charge is -2.34. The van der Waals surface area contributed by atoms with Gasteiger partial charge in [-0.25, -0.2) is 4.98 Å². The molecule has 1 aromatic rings. The Kier molecular flexibility index (Phi) is 5.86. The predicted molar refractivity (Wildman–Crippen MR) is 75.8 cm³/mol. The smallest absolute Gasteiger partial charge is 0.0926 e. The second kappa shape index (κ2) is 6.69. The minimum absolute atomic E-state index is 0. The third kappa shape index (κ3) is 3.91. The van der Waals surface area contributed by atoms with Crippen LogP contribution < -0.4 is 5.73 Å². The fourth-order valence-electron chi connectivity index (χ4n) is 2.21. The molecule has 1 aliphatic rings. The molecule has 98 valence electrons. The van der Waals surface area contributed by atoms with Gasteiger partial charge in [0.1, 0.15) is 0 Å². The van der Waals surface area contributed by atoms with Crippen molar-refractivity contribution in [3.63, 3.8) is 0 Å². The summed E-state index contributed by atoms with van der Waals surface area (Å²) in [6.45, 7) is 7.62. The number of piperidine rings is 1. The Balaban J connectivity index is 0.00000144. The SMILES string of the molecule is CCc1nc(CN2CCC(N)C(C)C2)cs1.Cl. The summed E-state index contributed by atoms with van der Waals surface area (Å²) in [5.41, 5.74) is 7.25. The zero-order chi connectivity index (χ0) is 11.5. The van der Waals surface area contributed by atoms with Gasteiger partial charge in [0.15, 0.2) is 0 Å². The lowest BCUT2D eigenvalue weighted by molar-refractivity contribution is 0.156. The molecule has 0 saturated carbocycles. The maximum atomic E-state index is 6.02. The minimum Gasteiger partial charge on any atom is -0.327 e. The second-order valence-electron chi connectivity index (χ2n) is 4.75. The highest BCUT2D eigenvalue weighted by Gasteiger charge is 2.23. The van der Waals surface area contributed by atoms with Gasteiger partial charge in [-0.3, -0.25) is 4.90 Å². The Morgan fingerprint density at radius 2 is 2.35 bits per heavy atom. The topological polar surface area (TPSA) is 42.2 Å². The number of halogens is 1. The third-order valence-corrected chi connectivity index (χ3v) is 4.39. The maximum Gasteiger partial charge on any atom is 0.0926 e. The zero-order valence-corrected chi connectivity index (χ0v) is 12.2. The van der Waals surface area contributed by atoms with Crippen LogP contribution in [0.1, 0.15) is 31.0 Å². The summed E-state index contributed by atoms with van der Waals surface area (Å²) in [6, 6.07) is 0.387. The maximum absolute atomic E-state index is 6.02. The Hall–Kier alpha value is -0.160. The molecule has 0 spiro atoms. The van der Waals surface area contributed by atoms with Gasteiger partial charge in [-0.1, -0.05) is 13.8 Å². The van der Waals surface area contributed by atoms with E-state index in [1.54, 1.807) is 11.3 Å². The van der Waals surface area contributed by atoms with Gasteiger partial charge < -0.3 is 5.73 Å². The van der Waals surface area contributed by atoms with E-state index in [2.05, 4.69) is 29.1 Å². The van der Waals surface area contributed by atoms with E-state index in [0.717, 1.165) is 32.5 Å². The van der Waals surface area contributed by atoms with Crippen LogP contribution in [0.15, 0.2) is 5.38 Å². The highest BCUT2D eigenvalue weighted by atomic mass is 35.5. The summed E-state index contributed by atoms with van der Waals surface area (Å²) < 4.78 is 0. The number of hydrogen-bond donors (Lipinski definition) is 1. The van der Waals surface area contributed by atoms with Crippen molar-refractivity contribution in [2.45, 2.75) is 39.3 Å². The molecule has 1 aliphatic heterocycles. The van der Waals surface area contributed by atoms with E-state index in [4.69, 9.17) is 5.73 Å². The van der Waals surface area contributed by atoms with E-state index in [1.165, 1.54) is 10.7 Å². The first kappa shape index (κ1) is 14.9. The molecule has 0 aromatic carbocycles. The predicted octanol–water partition coefficient (Wildman–Crippen LogP) is 2.30. The van der Waals surface area contributed by atoms with Gasteiger partial charge >= 0.3 is 0 Å². The summed E-state index contributed by atoms with van der Waals surface area (Å²) in [7, 11) is 0. The second-order valence-corrected chi connectivity index (χ2v) is 5.69. The molecular formula is C12H22ClN3S. The van der Waals surface area contributed by atoms with Crippen LogP contribution in [0.25, 0.3) is 0 Å². The number of aryl methyl sites for hydroxylation is 1. The van der Waals surface area contributed by atoms with Crippen LogP contribution in [0.5, 0.6) is 0 Å². The number of nitrogens with zero attached hydrogens (tertiary/aromatic N) is 2. The van der Waals surface area contributed by atoms with Gasteiger partial charge in [0.2, 0.25) is 0 Å². The number of nitrogens with two attached hydrogens (primary N) is 1. The first-order chi connectivity index (χ1) is 7.69. The largest absolute Gasteiger partial charge is 0.327 e. The molecule has 0 aliphatic carbocycles. The molecular weight excluding hydrogens is 254 g/mol. The number of rotatable bonds is 3. The van der Waals surface area contributed by atoms with Crippen LogP contribution in [0.4, 0.5) is 0 Å². The van der Waals surface area contributed by atoms with E-state index < -0.39 is 0 Å². The van der Waals surface area contributed by atoms with E-state index in [9.17, 15) is 0 Å². The Bertz CT molecular complexity index is 342. The Morgan fingerprint density at radius 1 is 1.59 bits per heavy atom. The highest BCUT2D eigenvalue weighted by Crippen LogP contribution is 2.18. The Morgan fingerprint density at radius 3 is 2.94 bits per heavy atom. The van der Waals surface area contributed by atoms with Crippen molar-refractivity contribution in [3.8, 4) is 0 Å². The molecule has 3 nitrogen and oxygen atoms in total. The van der Waals surface area contributed by atoms with Gasteiger partial charge in [-0.2, -0.15) is 0 Å². The summed E-state index contributed by atoms with van der Waals surface area (Å²) in [5, 5.41) is 3.44. The highest BCUT2D eigenvalue weighted by molar-refractivity contribution is 7.09. The third-order valence-electron chi connectivity index (χ3n) is 3.34. The van der Waals surface area contributed by atoms with Crippen LogP contribution in [0.2, 0.25) is 0 Å². The molecule has 0 bridgehead atoms. The number of aromatic nitrogens is 1. The molecule has 1 aromatic heterocycles. The molecule has 2 heterocycles. The standard InChI is InChI=1S/C12H21N3S.ClH/c1-3-12-14-10(8-16-12)7-15-5-4-11(13)9(2)6-15;/h8-9,11H,3-7,13H2,1-2H3;1H. The number of thiazole rings is 1. The van der Waals surface area contributed by atoms with Crippen LogP contribution in [-0.4, -0.2) is 29.0 Å². The van der Waals surface area contributed by atoms with Gasteiger partial charge in [0.25, 0.3) is 0 Å². The van der Waals surface area contributed by atoms with Crippen LogP contribution in [0, 0.1) is 5.92 Å². The van der Waals surface area contributed by atoms with Crippen molar-refractivity contribution >= 4 is 23.7 Å².